The van der Waals surface area contributed by atoms with Crippen LogP contribution in [0.15, 0.2) is 65.1 Å². The van der Waals surface area contributed by atoms with Crippen LogP contribution in [-0.2, 0) is 15.9 Å². The van der Waals surface area contributed by atoms with E-state index in [-0.39, 0.29) is 11.1 Å². The van der Waals surface area contributed by atoms with E-state index in [2.05, 4.69) is 45.0 Å². The Morgan fingerprint density at radius 1 is 1.11 bits per heavy atom. The predicted molar refractivity (Wildman–Crippen MR) is 143 cm³/mol. The van der Waals surface area contributed by atoms with Crippen molar-refractivity contribution in [2.24, 2.45) is 0 Å². The molecule has 6 nitrogen and oxygen atoms in total. The molecule has 2 aromatic carbocycles. The lowest BCUT2D eigenvalue weighted by atomic mass is 9.72. The molecule has 2 fully saturated rings. The maximum atomic E-state index is 12.2. The van der Waals surface area contributed by atoms with E-state index >= 15 is 0 Å². The lowest BCUT2D eigenvalue weighted by Crippen LogP contribution is -2.48. The molecule has 36 heavy (non-hydrogen) atoms. The van der Waals surface area contributed by atoms with Crippen LogP contribution in [0.1, 0.15) is 35.4 Å². The quantitative estimate of drug-likeness (QED) is 0.417. The van der Waals surface area contributed by atoms with Crippen molar-refractivity contribution in [2.45, 2.75) is 30.0 Å². The molecule has 3 heterocycles. The minimum Gasteiger partial charge on any atom is -0.481 e. The summed E-state index contributed by atoms with van der Waals surface area (Å²) in [6.07, 6.45) is 1.29. The number of morpholine rings is 1. The molecule has 1 aliphatic carbocycles. The van der Waals surface area contributed by atoms with Gasteiger partial charge in [-0.05, 0) is 43.1 Å². The van der Waals surface area contributed by atoms with Gasteiger partial charge in [0.1, 0.15) is 16.5 Å². The number of hydrogen-bond acceptors (Lipinski definition) is 6. The zero-order valence-electron chi connectivity index (χ0n) is 20.4. The Bertz CT molecular complexity index is 1210. The Morgan fingerprint density at radius 2 is 1.81 bits per heavy atom. The Hall–Kier alpha value is -2.16. The van der Waals surface area contributed by atoms with Gasteiger partial charge < -0.3 is 24.2 Å². The van der Waals surface area contributed by atoms with Gasteiger partial charge in [-0.1, -0.05) is 70.0 Å². The number of pyridine rings is 1. The predicted octanol–water partition coefficient (Wildman–Crippen LogP) is 5.51. The summed E-state index contributed by atoms with van der Waals surface area (Å²) in [6, 6.07) is 19.8. The number of likely N-dealkylation sites (N-methyl/N-ethyl adjacent to an activating group) is 1. The van der Waals surface area contributed by atoms with Crippen molar-refractivity contribution in [1.29, 1.82) is 0 Å². The smallest absolute Gasteiger partial charge is 0.224 e. The summed E-state index contributed by atoms with van der Waals surface area (Å²) in [5, 5.41) is 12.5. The van der Waals surface area contributed by atoms with E-state index in [0.29, 0.717) is 23.6 Å². The van der Waals surface area contributed by atoms with Crippen molar-refractivity contribution < 1.29 is 19.3 Å². The molecular formula is C28H30BrClN2O4. The van der Waals surface area contributed by atoms with Gasteiger partial charge in [0.25, 0.3) is 0 Å². The molecule has 3 aliphatic rings. The first kappa shape index (κ1) is 25.5. The maximum absolute atomic E-state index is 12.2. The summed E-state index contributed by atoms with van der Waals surface area (Å²) in [5.41, 5.74) is 0.309. The molecule has 3 aromatic rings. The molecule has 190 valence electrons. The van der Waals surface area contributed by atoms with Crippen LogP contribution in [-0.4, -0.2) is 55.5 Å². The number of methoxy groups -OCH3 is 1. The van der Waals surface area contributed by atoms with Gasteiger partial charge in [-0.25, -0.2) is 4.98 Å². The van der Waals surface area contributed by atoms with E-state index in [1.807, 2.05) is 42.5 Å². The summed E-state index contributed by atoms with van der Waals surface area (Å²) in [5.74, 6) is 0.779. The van der Waals surface area contributed by atoms with Crippen LogP contribution in [0.3, 0.4) is 0 Å². The SMILES string of the molecule is CN1CCOCC1.COc1nc(Cl)cc2c1C1(O)CCC(c3ccccc3)C1(c1ccc(Br)cc1)O2. The average Bonchev–Trinajstić information content (AvgIpc) is 3.32. The number of aromatic nitrogens is 1. The lowest BCUT2D eigenvalue weighted by Gasteiger charge is -2.40. The molecule has 3 atom stereocenters. The Labute approximate surface area is 225 Å². The van der Waals surface area contributed by atoms with Crippen molar-refractivity contribution in [3.05, 3.63) is 87.0 Å². The minimum atomic E-state index is -1.29. The second kappa shape index (κ2) is 10.3. The normalized spacial score (nSPS) is 26.9. The number of ether oxygens (including phenoxy) is 3. The zero-order valence-corrected chi connectivity index (χ0v) is 22.8. The highest BCUT2D eigenvalue weighted by Gasteiger charge is 2.69. The molecule has 3 unspecified atom stereocenters. The summed E-state index contributed by atoms with van der Waals surface area (Å²) in [4.78, 5) is 6.57. The van der Waals surface area contributed by atoms with Gasteiger partial charge in [-0.2, -0.15) is 0 Å². The molecule has 0 spiro atoms. The third-order valence-electron chi connectivity index (χ3n) is 7.41. The van der Waals surface area contributed by atoms with Crippen LogP contribution >= 0.6 is 27.5 Å². The number of nitrogens with zero attached hydrogens (tertiary/aromatic N) is 2. The second-order valence-electron chi connectivity index (χ2n) is 9.45. The molecule has 1 aromatic heterocycles. The summed E-state index contributed by atoms with van der Waals surface area (Å²) >= 11 is 9.72. The van der Waals surface area contributed by atoms with Crippen molar-refractivity contribution in [1.82, 2.24) is 9.88 Å². The van der Waals surface area contributed by atoms with Crippen LogP contribution in [0.5, 0.6) is 11.6 Å². The molecule has 1 saturated carbocycles. The van der Waals surface area contributed by atoms with E-state index in [1.54, 1.807) is 6.07 Å². The standard InChI is InChI=1S/C23H19BrClNO3.C5H11NO/c1-28-21-20-18(13-19(25)26-21)29-23(15-7-9-16(24)10-8-15)17(11-12-22(20,23)27)14-5-3-2-4-6-14;1-6-2-4-7-5-3-6/h2-10,13,17,27H,11-12H2,1H3;2-5H2,1H3. The van der Waals surface area contributed by atoms with Crippen LogP contribution in [0, 0.1) is 0 Å². The Balaban J connectivity index is 0.000000330. The number of aliphatic hydroxyl groups is 1. The van der Waals surface area contributed by atoms with E-state index in [4.69, 9.17) is 25.8 Å². The number of fused-ring (bicyclic) bond motifs is 3. The molecule has 6 rings (SSSR count). The van der Waals surface area contributed by atoms with E-state index in [9.17, 15) is 5.11 Å². The first-order valence-corrected chi connectivity index (χ1v) is 13.3. The summed E-state index contributed by atoms with van der Waals surface area (Å²) in [7, 11) is 3.65. The fourth-order valence-corrected chi connectivity index (χ4v) is 6.13. The highest BCUT2D eigenvalue weighted by Crippen LogP contribution is 2.68. The lowest BCUT2D eigenvalue weighted by molar-refractivity contribution is -0.106. The van der Waals surface area contributed by atoms with Crippen molar-refractivity contribution >= 4 is 27.5 Å². The van der Waals surface area contributed by atoms with Gasteiger partial charge >= 0.3 is 0 Å². The molecule has 1 saturated heterocycles. The second-order valence-corrected chi connectivity index (χ2v) is 10.8. The first-order chi connectivity index (χ1) is 17.4. The molecule has 2 aliphatic heterocycles. The number of rotatable bonds is 3. The minimum absolute atomic E-state index is 0.0502. The van der Waals surface area contributed by atoms with Crippen LogP contribution in [0.25, 0.3) is 0 Å². The van der Waals surface area contributed by atoms with Crippen LogP contribution in [0.4, 0.5) is 0 Å². The molecule has 1 N–H and O–H groups in total. The monoisotopic (exact) mass is 572 g/mol. The van der Waals surface area contributed by atoms with Crippen LogP contribution < -0.4 is 9.47 Å². The van der Waals surface area contributed by atoms with Crippen LogP contribution in [0.2, 0.25) is 5.15 Å². The third kappa shape index (κ3) is 4.31. The number of hydrogen-bond donors (Lipinski definition) is 1. The summed E-state index contributed by atoms with van der Waals surface area (Å²) in [6.45, 7) is 4.02. The third-order valence-corrected chi connectivity index (χ3v) is 8.13. The van der Waals surface area contributed by atoms with Crippen molar-refractivity contribution in [2.75, 3.05) is 40.5 Å². The van der Waals surface area contributed by atoms with E-state index in [0.717, 1.165) is 48.3 Å². The van der Waals surface area contributed by atoms with Gasteiger partial charge in [-0.3, -0.25) is 0 Å². The van der Waals surface area contributed by atoms with Gasteiger partial charge in [0, 0.05) is 29.5 Å². The molecule has 0 amide bonds. The molecule has 0 bridgehead atoms. The first-order valence-electron chi connectivity index (χ1n) is 12.1. The highest BCUT2D eigenvalue weighted by atomic mass is 79.9. The molecular weight excluding hydrogens is 544 g/mol. The number of benzene rings is 2. The van der Waals surface area contributed by atoms with E-state index < -0.39 is 11.2 Å². The fraction of sp³-hybridized carbons (Fsp3) is 0.393. The average molecular weight is 574 g/mol. The fourth-order valence-electron chi connectivity index (χ4n) is 5.69. The van der Waals surface area contributed by atoms with Gasteiger partial charge in [-0.15, -0.1) is 0 Å². The van der Waals surface area contributed by atoms with Gasteiger partial charge in [0.15, 0.2) is 5.60 Å². The van der Waals surface area contributed by atoms with Crippen molar-refractivity contribution in [3.63, 3.8) is 0 Å². The van der Waals surface area contributed by atoms with E-state index in [1.165, 1.54) is 7.11 Å². The number of halogens is 2. The Morgan fingerprint density at radius 3 is 2.42 bits per heavy atom. The molecule has 8 heteroatoms. The molecule has 0 radical (unpaired) electrons. The summed E-state index contributed by atoms with van der Waals surface area (Å²) < 4.78 is 18.2. The highest BCUT2D eigenvalue weighted by molar-refractivity contribution is 9.10. The maximum Gasteiger partial charge on any atom is 0.224 e. The van der Waals surface area contributed by atoms with Crippen molar-refractivity contribution in [3.8, 4) is 11.6 Å². The topological polar surface area (TPSA) is 64.1 Å². The largest absolute Gasteiger partial charge is 0.481 e. The van der Waals surface area contributed by atoms with Gasteiger partial charge in [0.05, 0.1) is 25.9 Å². The van der Waals surface area contributed by atoms with Gasteiger partial charge in [0.2, 0.25) is 5.88 Å². The zero-order chi connectivity index (χ0) is 25.3. The Kier molecular flexibility index (Phi) is 7.30.